The number of hydrogen-bond donors (Lipinski definition) is 1. The summed E-state index contributed by atoms with van der Waals surface area (Å²) in [6, 6.07) is 4.91. The molecule has 0 atom stereocenters. The maximum absolute atomic E-state index is 11.8. The fraction of sp³-hybridized carbons (Fsp3) is 0.462. The van der Waals surface area contributed by atoms with E-state index in [2.05, 4.69) is 27.9 Å². The smallest absolute Gasteiger partial charge is 0.251 e. The Morgan fingerprint density at radius 3 is 2.50 bits per heavy atom. The second-order valence-corrected chi connectivity index (χ2v) is 5.88. The van der Waals surface area contributed by atoms with Crippen molar-refractivity contribution < 1.29 is 4.79 Å². The molecule has 0 bridgehead atoms. The molecule has 1 aromatic carbocycles. The Morgan fingerprint density at radius 1 is 1.11 bits per heavy atom. The van der Waals surface area contributed by atoms with Gasteiger partial charge in [0.25, 0.3) is 5.91 Å². The Kier molecular flexibility index (Phi) is 8.02. The van der Waals surface area contributed by atoms with Crippen molar-refractivity contribution in [3.05, 3.63) is 33.8 Å². The molecule has 1 aromatic rings. The van der Waals surface area contributed by atoms with Crippen molar-refractivity contribution in [3.63, 3.8) is 0 Å². The van der Waals surface area contributed by atoms with Gasteiger partial charge in [-0.3, -0.25) is 4.79 Å². The molecule has 1 rings (SSSR count). The van der Waals surface area contributed by atoms with Gasteiger partial charge in [-0.2, -0.15) is 0 Å². The van der Waals surface area contributed by atoms with Crippen LogP contribution in [0.25, 0.3) is 0 Å². The van der Waals surface area contributed by atoms with Gasteiger partial charge in [0.05, 0.1) is 10.0 Å². The van der Waals surface area contributed by atoms with Crippen molar-refractivity contribution in [2.75, 3.05) is 11.0 Å². The third kappa shape index (κ3) is 5.76. The Hall–Kier alpha value is -0.000000000000000111. The molecule has 1 amide bonds. The molecule has 0 unspecified atom stereocenters. The van der Waals surface area contributed by atoms with Crippen LogP contribution in [0.4, 0.5) is 0 Å². The molecule has 5 heteroatoms. The number of amides is 1. The fourth-order valence-corrected chi connectivity index (χ4v) is 2.35. The van der Waals surface area contributed by atoms with E-state index < -0.39 is 0 Å². The van der Waals surface area contributed by atoms with E-state index in [9.17, 15) is 4.79 Å². The summed E-state index contributed by atoms with van der Waals surface area (Å²) in [6.07, 6.45) is 4.65. The molecule has 0 aliphatic rings. The first-order chi connectivity index (χ1) is 8.65. The number of carbonyl (C=O) groups excluding carboxylic acids is 1. The van der Waals surface area contributed by atoms with Crippen molar-refractivity contribution in [2.45, 2.75) is 25.7 Å². The monoisotopic (exact) mass is 399 g/mol. The third-order valence-electron chi connectivity index (χ3n) is 2.53. The van der Waals surface area contributed by atoms with Crippen LogP contribution in [-0.2, 0) is 0 Å². The van der Waals surface area contributed by atoms with Gasteiger partial charge in [0.15, 0.2) is 0 Å². The zero-order valence-electron chi connectivity index (χ0n) is 10.0. The number of alkyl halides is 1. The van der Waals surface area contributed by atoms with Gasteiger partial charge in [0.1, 0.15) is 0 Å². The summed E-state index contributed by atoms with van der Waals surface area (Å²) in [5, 5.41) is 3.75. The fourth-order valence-electron chi connectivity index (χ4n) is 1.51. The van der Waals surface area contributed by atoms with Crippen LogP contribution >= 0.6 is 45.8 Å². The summed E-state index contributed by atoms with van der Waals surface area (Å²) in [6.45, 7) is 0.709. The summed E-state index contributed by atoms with van der Waals surface area (Å²) in [7, 11) is 0. The van der Waals surface area contributed by atoms with Gasteiger partial charge in [-0.15, -0.1) is 0 Å². The first-order valence-electron chi connectivity index (χ1n) is 5.94. The average Bonchev–Trinajstić information content (AvgIpc) is 2.36. The van der Waals surface area contributed by atoms with Gasteiger partial charge in [-0.25, -0.2) is 0 Å². The largest absolute Gasteiger partial charge is 0.352 e. The number of nitrogens with one attached hydrogen (secondary N) is 1. The van der Waals surface area contributed by atoms with E-state index in [0.29, 0.717) is 22.2 Å². The maximum atomic E-state index is 11.8. The minimum atomic E-state index is -0.0949. The topological polar surface area (TPSA) is 29.1 Å². The normalized spacial score (nSPS) is 10.4. The van der Waals surface area contributed by atoms with Gasteiger partial charge in [-0.1, -0.05) is 58.6 Å². The zero-order valence-corrected chi connectivity index (χ0v) is 13.7. The summed E-state index contributed by atoms with van der Waals surface area (Å²) in [4.78, 5) is 11.8. The molecule has 18 heavy (non-hydrogen) atoms. The number of unbranched alkanes of at least 4 members (excludes halogenated alkanes) is 3. The van der Waals surface area contributed by atoms with Crippen LogP contribution in [0.1, 0.15) is 36.0 Å². The molecule has 100 valence electrons. The van der Waals surface area contributed by atoms with Gasteiger partial charge in [-0.05, 0) is 35.5 Å². The van der Waals surface area contributed by atoms with Crippen molar-refractivity contribution >= 4 is 51.7 Å². The number of benzene rings is 1. The van der Waals surface area contributed by atoms with Crippen LogP contribution in [0.5, 0.6) is 0 Å². The van der Waals surface area contributed by atoms with E-state index in [1.807, 2.05) is 0 Å². The second-order valence-electron chi connectivity index (χ2n) is 3.99. The summed E-state index contributed by atoms with van der Waals surface area (Å²) in [5.41, 5.74) is 0.552. The Balaban J connectivity index is 2.30. The van der Waals surface area contributed by atoms with Crippen LogP contribution in [-0.4, -0.2) is 16.9 Å². The van der Waals surface area contributed by atoms with E-state index in [0.717, 1.165) is 12.8 Å². The van der Waals surface area contributed by atoms with E-state index >= 15 is 0 Å². The number of halogens is 3. The van der Waals surface area contributed by atoms with E-state index in [1.54, 1.807) is 18.2 Å². The van der Waals surface area contributed by atoms with Crippen molar-refractivity contribution in [2.24, 2.45) is 0 Å². The Labute approximate surface area is 132 Å². The molecule has 0 saturated heterocycles. The lowest BCUT2D eigenvalue weighted by Gasteiger charge is -2.06. The first kappa shape index (κ1) is 16.1. The average molecular weight is 400 g/mol. The minimum absolute atomic E-state index is 0.0949. The molecular formula is C13H16Cl2INO. The standard InChI is InChI=1S/C13H16Cl2INO/c14-11-6-5-10(9-12(11)15)13(18)17-8-4-2-1-3-7-16/h5-6,9H,1-4,7-8H2,(H,17,18). The molecule has 1 N–H and O–H groups in total. The van der Waals surface area contributed by atoms with Crippen LogP contribution in [0.3, 0.4) is 0 Å². The molecule has 0 heterocycles. The van der Waals surface area contributed by atoms with Gasteiger partial charge in [0, 0.05) is 12.1 Å². The third-order valence-corrected chi connectivity index (χ3v) is 4.03. The van der Waals surface area contributed by atoms with Crippen LogP contribution in [0.2, 0.25) is 10.0 Å². The predicted molar refractivity (Wildman–Crippen MR) is 86.2 cm³/mol. The molecule has 2 nitrogen and oxygen atoms in total. The van der Waals surface area contributed by atoms with Crippen LogP contribution in [0, 0.1) is 0 Å². The number of carbonyl (C=O) groups is 1. The Morgan fingerprint density at radius 2 is 1.83 bits per heavy atom. The van der Waals surface area contributed by atoms with Gasteiger partial charge >= 0.3 is 0 Å². The van der Waals surface area contributed by atoms with E-state index in [4.69, 9.17) is 23.2 Å². The molecule has 0 radical (unpaired) electrons. The molecule has 0 saturated carbocycles. The quantitative estimate of drug-likeness (QED) is 0.401. The van der Waals surface area contributed by atoms with Gasteiger partial charge < -0.3 is 5.32 Å². The number of rotatable bonds is 7. The highest BCUT2D eigenvalue weighted by Crippen LogP contribution is 2.22. The molecule has 0 fully saturated rings. The number of hydrogen-bond acceptors (Lipinski definition) is 1. The highest BCUT2D eigenvalue weighted by molar-refractivity contribution is 14.1. The van der Waals surface area contributed by atoms with E-state index in [1.165, 1.54) is 17.3 Å². The van der Waals surface area contributed by atoms with Crippen molar-refractivity contribution in [1.29, 1.82) is 0 Å². The summed E-state index contributed by atoms with van der Waals surface area (Å²) in [5.74, 6) is -0.0949. The predicted octanol–water partition coefficient (Wildman–Crippen LogP) is 4.72. The zero-order chi connectivity index (χ0) is 13.4. The molecule has 0 spiro atoms. The lowest BCUT2D eigenvalue weighted by Crippen LogP contribution is -2.24. The van der Waals surface area contributed by atoms with E-state index in [-0.39, 0.29) is 5.91 Å². The maximum Gasteiger partial charge on any atom is 0.251 e. The second kappa shape index (κ2) is 8.99. The van der Waals surface area contributed by atoms with Crippen molar-refractivity contribution in [3.8, 4) is 0 Å². The van der Waals surface area contributed by atoms with Crippen LogP contribution in [0.15, 0.2) is 18.2 Å². The lowest BCUT2D eigenvalue weighted by atomic mass is 10.2. The summed E-state index contributed by atoms with van der Waals surface area (Å²) >= 11 is 14.0. The first-order valence-corrected chi connectivity index (χ1v) is 8.22. The SMILES string of the molecule is O=C(NCCCCCCI)c1ccc(Cl)c(Cl)c1. The van der Waals surface area contributed by atoms with Crippen LogP contribution < -0.4 is 5.32 Å². The molecule has 0 aliphatic carbocycles. The molecule has 0 aromatic heterocycles. The van der Waals surface area contributed by atoms with Crippen molar-refractivity contribution in [1.82, 2.24) is 5.32 Å². The minimum Gasteiger partial charge on any atom is -0.352 e. The lowest BCUT2D eigenvalue weighted by molar-refractivity contribution is 0.0953. The van der Waals surface area contributed by atoms with Gasteiger partial charge in [0.2, 0.25) is 0 Å². The Bertz CT molecular complexity index is 399. The molecular weight excluding hydrogens is 384 g/mol. The molecule has 0 aliphatic heterocycles. The summed E-state index contributed by atoms with van der Waals surface area (Å²) < 4.78 is 1.20. The highest BCUT2D eigenvalue weighted by atomic mass is 127. The highest BCUT2D eigenvalue weighted by Gasteiger charge is 2.06.